The van der Waals surface area contributed by atoms with Gasteiger partial charge in [0.25, 0.3) is 5.91 Å². The summed E-state index contributed by atoms with van der Waals surface area (Å²) >= 11 is 0. The van der Waals surface area contributed by atoms with E-state index < -0.39 is 41.9 Å². The molecule has 4 amide bonds. The van der Waals surface area contributed by atoms with Gasteiger partial charge in [-0.3, -0.25) is 14.5 Å². The Hall–Kier alpha value is -2.90. The SMILES string of the molecule is Cc1ccc(C2(C)NC(=O)N(CC(=O)N3CCCC3C(=O)O)C2=O)cc1. The van der Waals surface area contributed by atoms with Crippen molar-refractivity contribution in [1.82, 2.24) is 15.1 Å². The van der Waals surface area contributed by atoms with Crippen molar-refractivity contribution in [2.75, 3.05) is 13.1 Å². The molecule has 0 spiro atoms. The molecule has 2 heterocycles. The van der Waals surface area contributed by atoms with Gasteiger partial charge in [0.05, 0.1) is 0 Å². The Bertz CT molecular complexity index is 776. The number of hydrogen-bond acceptors (Lipinski definition) is 4. The molecule has 1 aromatic rings. The molecule has 8 heteroatoms. The van der Waals surface area contributed by atoms with E-state index in [9.17, 15) is 24.3 Å². The largest absolute Gasteiger partial charge is 0.480 e. The van der Waals surface area contributed by atoms with Crippen LogP contribution in [0.5, 0.6) is 0 Å². The number of carbonyl (C=O) groups excluding carboxylic acids is 3. The highest BCUT2D eigenvalue weighted by Crippen LogP contribution is 2.29. The predicted octanol–water partition coefficient (Wildman–Crippen LogP) is 0.838. The van der Waals surface area contributed by atoms with E-state index in [4.69, 9.17) is 0 Å². The Morgan fingerprint density at radius 2 is 1.92 bits per heavy atom. The second-order valence-corrected chi connectivity index (χ2v) is 6.90. The van der Waals surface area contributed by atoms with Gasteiger partial charge in [-0.25, -0.2) is 9.59 Å². The smallest absolute Gasteiger partial charge is 0.326 e. The van der Waals surface area contributed by atoms with Gasteiger partial charge in [0, 0.05) is 6.54 Å². The fourth-order valence-corrected chi connectivity index (χ4v) is 3.47. The molecule has 3 rings (SSSR count). The number of urea groups is 1. The van der Waals surface area contributed by atoms with Gasteiger partial charge in [0.15, 0.2) is 0 Å². The van der Waals surface area contributed by atoms with Gasteiger partial charge in [-0.1, -0.05) is 29.8 Å². The van der Waals surface area contributed by atoms with Crippen LogP contribution in [-0.2, 0) is 19.9 Å². The number of nitrogens with one attached hydrogen (secondary N) is 1. The lowest BCUT2D eigenvalue weighted by atomic mass is 9.91. The Kier molecular flexibility index (Phi) is 4.43. The Morgan fingerprint density at radius 3 is 2.54 bits per heavy atom. The summed E-state index contributed by atoms with van der Waals surface area (Å²) in [5.41, 5.74) is 0.401. The van der Waals surface area contributed by atoms with E-state index in [1.54, 1.807) is 19.1 Å². The summed E-state index contributed by atoms with van der Waals surface area (Å²) in [5, 5.41) is 11.8. The molecule has 138 valence electrons. The molecule has 2 unspecified atom stereocenters. The zero-order valence-corrected chi connectivity index (χ0v) is 14.7. The third-order valence-electron chi connectivity index (χ3n) is 5.06. The minimum Gasteiger partial charge on any atom is -0.480 e. The molecular weight excluding hydrogens is 338 g/mol. The van der Waals surface area contributed by atoms with Gasteiger partial charge in [-0.05, 0) is 32.3 Å². The van der Waals surface area contributed by atoms with Crippen molar-refractivity contribution in [2.24, 2.45) is 0 Å². The number of rotatable bonds is 4. The highest BCUT2D eigenvalue weighted by atomic mass is 16.4. The van der Waals surface area contributed by atoms with Crippen molar-refractivity contribution in [3.63, 3.8) is 0 Å². The molecule has 2 aliphatic heterocycles. The minimum absolute atomic E-state index is 0.314. The molecule has 0 aromatic heterocycles. The molecule has 0 aliphatic carbocycles. The molecule has 2 saturated heterocycles. The maximum absolute atomic E-state index is 12.8. The van der Waals surface area contributed by atoms with Crippen LogP contribution < -0.4 is 5.32 Å². The summed E-state index contributed by atoms with van der Waals surface area (Å²) in [6.07, 6.45) is 0.965. The van der Waals surface area contributed by atoms with Crippen LogP contribution in [0.3, 0.4) is 0 Å². The zero-order valence-electron chi connectivity index (χ0n) is 14.7. The zero-order chi connectivity index (χ0) is 19.1. The van der Waals surface area contributed by atoms with Crippen LogP contribution in [-0.4, -0.2) is 57.9 Å². The summed E-state index contributed by atoms with van der Waals surface area (Å²) in [6, 6.07) is 5.66. The Balaban J connectivity index is 1.78. The number of imide groups is 1. The van der Waals surface area contributed by atoms with Gasteiger partial charge < -0.3 is 15.3 Å². The highest BCUT2D eigenvalue weighted by molar-refractivity contribution is 6.09. The van der Waals surface area contributed by atoms with Crippen LogP contribution in [0, 0.1) is 6.92 Å². The normalized spacial score (nSPS) is 25.5. The third-order valence-corrected chi connectivity index (χ3v) is 5.06. The van der Waals surface area contributed by atoms with Gasteiger partial charge in [-0.15, -0.1) is 0 Å². The monoisotopic (exact) mass is 359 g/mol. The molecule has 8 nitrogen and oxygen atoms in total. The second kappa shape index (κ2) is 6.44. The molecular formula is C18H21N3O5. The molecule has 0 saturated carbocycles. The summed E-state index contributed by atoms with van der Waals surface area (Å²) in [6.45, 7) is 3.36. The van der Waals surface area contributed by atoms with Crippen molar-refractivity contribution in [2.45, 2.75) is 38.3 Å². The molecule has 2 aliphatic rings. The predicted molar refractivity (Wildman–Crippen MR) is 91.1 cm³/mol. The summed E-state index contributed by atoms with van der Waals surface area (Å²) in [4.78, 5) is 51.0. The van der Waals surface area contributed by atoms with Crippen molar-refractivity contribution < 1.29 is 24.3 Å². The first-order chi connectivity index (χ1) is 12.2. The van der Waals surface area contributed by atoms with E-state index in [-0.39, 0.29) is 0 Å². The summed E-state index contributed by atoms with van der Waals surface area (Å²) in [7, 11) is 0. The molecule has 0 radical (unpaired) electrons. The highest BCUT2D eigenvalue weighted by Gasteiger charge is 2.50. The number of carboxylic acid groups (broad SMARTS) is 1. The second-order valence-electron chi connectivity index (χ2n) is 6.90. The lowest BCUT2D eigenvalue weighted by molar-refractivity contribution is -0.149. The van der Waals surface area contributed by atoms with Gasteiger partial charge in [0.1, 0.15) is 18.1 Å². The molecule has 0 bridgehead atoms. The Morgan fingerprint density at radius 1 is 1.27 bits per heavy atom. The fraction of sp³-hybridized carbons (Fsp3) is 0.444. The number of aryl methyl sites for hydroxylation is 1. The third kappa shape index (κ3) is 2.91. The van der Waals surface area contributed by atoms with E-state index in [2.05, 4.69) is 5.32 Å². The van der Waals surface area contributed by atoms with Gasteiger partial charge >= 0.3 is 12.0 Å². The van der Waals surface area contributed by atoms with E-state index in [0.717, 1.165) is 10.5 Å². The lowest BCUT2D eigenvalue weighted by Crippen LogP contribution is -2.47. The van der Waals surface area contributed by atoms with Crippen LogP contribution >= 0.6 is 0 Å². The van der Waals surface area contributed by atoms with E-state index >= 15 is 0 Å². The number of amides is 4. The number of carbonyl (C=O) groups is 4. The number of nitrogens with zero attached hydrogens (tertiary/aromatic N) is 2. The molecule has 26 heavy (non-hydrogen) atoms. The van der Waals surface area contributed by atoms with Crippen LogP contribution in [0.1, 0.15) is 30.9 Å². The van der Waals surface area contributed by atoms with Gasteiger partial charge in [0.2, 0.25) is 5.91 Å². The van der Waals surface area contributed by atoms with Gasteiger partial charge in [-0.2, -0.15) is 0 Å². The summed E-state index contributed by atoms with van der Waals surface area (Å²) in [5.74, 6) is -2.13. The maximum atomic E-state index is 12.8. The first kappa shape index (κ1) is 17.9. The number of carboxylic acids is 1. The van der Waals surface area contributed by atoms with Crippen molar-refractivity contribution in [3.05, 3.63) is 35.4 Å². The molecule has 2 N–H and O–H groups in total. The van der Waals surface area contributed by atoms with Crippen molar-refractivity contribution in [3.8, 4) is 0 Å². The number of benzene rings is 1. The van der Waals surface area contributed by atoms with Crippen LogP contribution in [0.15, 0.2) is 24.3 Å². The average Bonchev–Trinajstić information content (AvgIpc) is 3.16. The first-order valence-electron chi connectivity index (χ1n) is 8.47. The van der Waals surface area contributed by atoms with E-state index in [1.165, 1.54) is 4.90 Å². The molecule has 1 aromatic carbocycles. The number of aliphatic carboxylic acids is 1. The van der Waals surface area contributed by atoms with Crippen molar-refractivity contribution >= 4 is 23.8 Å². The van der Waals surface area contributed by atoms with Crippen molar-refractivity contribution in [1.29, 1.82) is 0 Å². The minimum atomic E-state index is -1.25. The average molecular weight is 359 g/mol. The maximum Gasteiger partial charge on any atom is 0.326 e. The van der Waals surface area contributed by atoms with Crippen LogP contribution in [0.2, 0.25) is 0 Å². The summed E-state index contributed by atoms with van der Waals surface area (Å²) < 4.78 is 0. The molecule has 2 atom stereocenters. The van der Waals surface area contributed by atoms with Crippen LogP contribution in [0.25, 0.3) is 0 Å². The quantitative estimate of drug-likeness (QED) is 0.775. The van der Waals surface area contributed by atoms with Crippen LogP contribution in [0.4, 0.5) is 4.79 Å². The van der Waals surface area contributed by atoms with E-state index in [0.29, 0.717) is 24.9 Å². The Labute approximate surface area is 150 Å². The van der Waals surface area contributed by atoms with E-state index in [1.807, 2.05) is 19.1 Å². The first-order valence-corrected chi connectivity index (χ1v) is 8.47. The number of hydrogen-bond donors (Lipinski definition) is 2. The topological polar surface area (TPSA) is 107 Å². The number of likely N-dealkylation sites (tertiary alicyclic amines) is 1. The lowest BCUT2D eigenvalue weighted by Gasteiger charge is -2.25. The standard InChI is InChI=1S/C18H21N3O5/c1-11-5-7-12(8-6-11)18(2)16(25)21(17(26)19-18)10-14(22)20-9-3-4-13(20)15(23)24/h5-8,13H,3-4,9-10H2,1-2H3,(H,19,26)(H,23,24). The molecule has 2 fully saturated rings. The fourth-order valence-electron chi connectivity index (χ4n) is 3.47.